The molecule has 24 heavy (non-hydrogen) atoms. The smallest absolute Gasteiger partial charge is 0.265 e. The summed E-state index contributed by atoms with van der Waals surface area (Å²) in [5.41, 5.74) is -0.378. The van der Waals surface area contributed by atoms with Crippen LogP contribution in [0.5, 0.6) is 5.75 Å². The Morgan fingerprint density at radius 1 is 1.04 bits per heavy atom. The zero-order chi connectivity index (χ0) is 17.4. The molecule has 0 aliphatic heterocycles. The Morgan fingerprint density at radius 3 is 2.33 bits per heavy atom. The third kappa shape index (κ3) is 2.46. The van der Waals surface area contributed by atoms with Crippen molar-refractivity contribution in [3.8, 4) is 11.4 Å². The Morgan fingerprint density at radius 2 is 1.71 bits per heavy atom. The van der Waals surface area contributed by atoms with Crippen LogP contribution in [0.3, 0.4) is 0 Å². The Hall–Kier alpha value is -2.69. The number of pyridine rings is 1. The highest BCUT2D eigenvalue weighted by molar-refractivity contribution is 5.85. The fourth-order valence-electron chi connectivity index (χ4n) is 2.90. The van der Waals surface area contributed by atoms with Gasteiger partial charge in [0.05, 0.1) is 12.8 Å². The van der Waals surface area contributed by atoms with Gasteiger partial charge in [-0.05, 0) is 29.5 Å². The molecule has 0 N–H and O–H groups in total. The lowest BCUT2D eigenvalue weighted by molar-refractivity contribution is 0.412. The van der Waals surface area contributed by atoms with Crippen molar-refractivity contribution in [1.29, 1.82) is 0 Å². The molecule has 0 atom stereocenters. The third-order valence-corrected chi connectivity index (χ3v) is 4.04. The van der Waals surface area contributed by atoms with Crippen LogP contribution in [-0.4, -0.2) is 11.7 Å². The normalized spacial score (nSPS) is 11.2. The van der Waals surface area contributed by atoms with Crippen molar-refractivity contribution in [2.75, 3.05) is 7.11 Å². The van der Waals surface area contributed by atoms with E-state index in [2.05, 4.69) is 0 Å². The van der Waals surface area contributed by atoms with Gasteiger partial charge in [0, 0.05) is 17.0 Å². The maximum atomic E-state index is 15.2. The van der Waals surface area contributed by atoms with Gasteiger partial charge in [0.1, 0.15) is 11.6 Å². The first-order chi connectivity index (χ1) is 11.5. The highest BCUT2D eigenvalue weighted by Gasteiger charge is 2.21. The molecule has 0 spiro atoms. The number of halogens is 2. The predicted octanol–water partition coefficient (Wildman–Crippen LogP) is 4.40. The Labute approximate surface area is 138 Å². The van der Waals surface area contributed by atoms with Gasteiger partial charge in [0.2, 0.25) is 5.95 Å². The van der Waals surface area contributed by atoms with Gasteiger partial charge in [0.15, 0.2) is 0 Å². The van der Waals surface area contributed by atoms with Gasteiger partial charge in [-0.3, -0.25) is 4.79 Å². The van der Waals surface area contributed by atoms with Gasteiger partial charge in [-0.15, -0.1) is 0 Å². The number of fused-ring (bicyclic) bond motifs is 1. The molecule has 0 radical (unpaired) electrons. The first kappa shape index (κ1) is 16.2. The largest absolute Gasteiger partial charge is 0.497 e. The van der Waals surface area contributed by atoms with Gasteiger partial charge in [-0.2, -0.15) is 4.39 Å². The molecule has 3 nitrogen and oxygen atoms in total. The maximum absolute atomic E-state index is 15.2. The van der Waals surface area contributed by atoms with Crippen LogP contribution < -0.4 is 10.3 Å². The second-order valence-electron chi connectivity index (χ2n) is 5.86. The SMILES string of the molecule is COc1ccc(F)c(-n2c(F)c(C(C)C)c3ccccc3c2=O)c1. The summed E-state index contributed by atoms with van der Waals surface area (Å²) in [5, 5.41) is 0.902. The summed E-state index contributed by atoms with van der Waals surface area (Å²) in [6, 6.07) is 10.7. The van der Waals surface area contributed by atoms with E-state index in [9.17, 15) is 9.18 Å². The van der Waals surface area contributed by atoms with Crippen LogP contribution >= 0.6 is 0 Å². The lowest BCUT2D eigenvalue weighted by Crippen LogP contribution is -2.25. The van der Waals surface area contributed by atoms with Crippen LogP contribution in [0.25, 0.3) is 16.5 Å². The highest BCUT2D eigenvalue weighted by Crippen LogP contribution is 2.29. The number of ether oxygens (including phenoxy) is 1. The minimum atomic E-state index is -0.749. The van der Waals surface area contributed by atoms with E-state index in [0.29, 0.717) is 22.1 Å². The van der Waals surface area contributed by atoms with Crippen molar-refractivity contribution < 1.29 is 13.5 Å². The first-order valence-electron chi connectivity index (χ1n) is 7.62. The van der Waals surface area contributed by atoms with Crippen LogP contribution in [0, 0.1) is 11.8 Å². The summed E-state index contributed by atoms with van der Waals surface area (Å²) in [6.07, 6.45) is 0. The number of aromatic nitrogens is 1. The molecule has 0 aliphatic rings. The Bertz CT molecular complexity index is 977. The van der Waals surface area contributed by atoms with Gasteiger partial charge in [-0.25, -0.2) is 8.96 Å². The number of methoxy groups -OCH3 is 1. The minimum absolute atomic E-state index is 0.162. The zero-order valence-electron chi connectivity index (χ0n) is 13.6. The molecule has 0 fully saturated rings. The van der Waals surface area contributed by atoms with Crippen molar-refractivity contribution in [3.63, 3.8) is 0 Å². The van der Waals surface area contributed by atoms with Gasteiger partial charge in [-0.1, -0.05) is 32.0 Å². The summed E-state index contributed by atoms with van der Waals surface area (Å²) in [5.74, 6) is -1.27. The Kier molecular flexibility index (Phi) is 4.09. The molecule has 1 heterocycles. The van der Waals surface area contributed by atoms with Crippen molar-refractivity contribution >= 4 is 10.8 Å². The van der Waals surface area contributed by atoms with Gasteiger partial charge in [0.25, 0.3) is 5.56 Å². The predicted molar refractivity (Wildman–Crippen MR) is 90.1 cm³/mol. The van der Waals surface area contributed by atoms with Crippen LogP contribution in [0.15, 0.2) is 47.3 Å². The quantitative estimate of drug-likeness (QED) is 0.667. The second kappa shape index (κ2) is 6.07. The minimum Gasteiger partial charge on any atom is -0.497 e. The van der Waals surface area contributed by atoms with E-state index < -0.39 is 17.3 Å². The zero-order valence-corrected chi connectivity index (χ0v) is 13.6. The summed E-state index contributed by atoms with van der Waals surface area (Å²) >= 11 is 0. The molecule has 2 aromatic carbocycles. The standard InChI is InChI=1S/C19H17F2NO2/c1-11(2)17-13-6-4-5-7-14(13)19(23)22(18(17)21)16-10-12(24-3)8-9-15(16)20/h4-11H,1-3H3. The average Bonchev–Trinajstić information content (AvgIpc) is 2.56. The average molecular weight is 329 g/mol. The lowest BCUT2D eigenvalue weighted by Gasteiger charge is -2.17. The molecule has 0 saturated heterocycles. The molecule has 124 valence electrons. The monoisotopic (exact) mass is 329 g/mol. The molecule has 0 aliphatic carbocycles. The molecule has 0 saturated carbocycles. The number of hydrogen-bond donors (Lipinski definition) is 0. The molecule has 0 amide bonds. The van der Waals surface area contributed by atoms with Crippen molar-refractivity contribution in [3.05, 3.63) is 70.1 Å². The molecule has 5 heteroatoms. The molecule has 0 bridgehead atoms. The molecule has 0 unspecified atom stereocenters. The van der Waals surface area contributed by atoms with Crippen LogP contribution in [0.1, 0.15) is 25.3 Å². The number of benzene rings is 2. The van der Waals surface area contributed by atoms with Crippen molar-refractivity contribution in [1.82, 2.24) is 4.57 Å². The van der Waals surface area contributed by atoms with E-state index in [4.69, 9.17) is 4.74 Å². The third-order valence-electron chi connectivity index (χ3n) is 4.04. The van der Waals surface area contributed by atoms with Gasteiger partial charge >= 0.3 is 0 Å². The second-order valence-corrected chi connectivity index (χ2v) is 5.86. The number of hydrogen-bond acceptors (Lipinski definition) is 2. The molecular formula is C19H17F2NO2. The fourth-order valence-corrected chi connectivity index (χ4v) is 2.90. The van der Waals surface area contributed by atoms with Crippen LogP contribution in [0.4, 0.5) is 8.78 Å². The lowest BCUT2D eigenvalue weighted by atomic mass is 9.97. The first-order valence-corrected chi connectivity index (χ1v) is 7.62. The van der Waals surface area contributed by atoms with E-state index in [1.807, 2.05) is 13.8 Å². The van der Waals surface area contributed by atoms with Crippen LogP contribution in [-0.2, 0) is 0 Å². The topological polar surface area (TPSA) is 31.2 Å². The van der Waals surface area contributed by atoms with E-state index >= 15 is 4.39 Å². The summed E-state index contributed by atoms with van der Waals surface area (Å²) in [6.45, 7) is 3.67. The molecule has 3 rings (SSSR count). The summed E-state index contributed by atoms with van der Waals surface area (Å²) in [7, 11) is 1.43. The van der Waals surface area contributed by atoms with E-state index in [1.54, 1.807) is 24.3 Å². The van der Waals surface area contributed by atoms with Crippen LogP contribution in [0.2, 0.25) is 0 Å². The maximum Gasteiger partial charge on any atom is 0.265 e. The molecule has 3 aromatic rings. The summed E-state index contributed by atoms with van der Waals surface area (Å²) in [4.78, 5) is 12.8. The molecular weight excluding hydrogens is 312 g/mol. The Balaban J connectivity index is 2.48. The summed E-state index contributed by atoms with van der Waals surface area (Å²) < 4.78 is 35.3. The van der Waals surface area contributed by atoms with Crippen molar-refractivity contribution in [2.24, 2.45) is 0 Å². The van der Waals surface area contributed by atoms with E-state index in [-0.39, 0.29) is 11.6 Å². The molecule has 1 aromatic heterocycles. The van der Waals surface area contributed by atoms with E-state index in [1.165, 1.54) is 19.2 Å². The van der Waals surface area contributed by atoms with Crippen molar-refractivity contribution in [2.45, 2.75) is 19.8 Å². The highest BCUT2D eigenvalue weighted by atomic mass is 19.1. The van der Waals surface area contributed by atoms with E-state index in [0.717, 1.165) is 10.6 Å². The van der Waals surface area contributed by atoms with Gasteiger partial charge < -0.3 is 4.74 Å². The number of nitrogens with zero attached hydrogens (tertiary/aromatic N) is 1. The number of rotatable bonds is 3. The fraction of sp³-hybridized carbons (Fsp3) is 0.211.